The zero-order valence-electron chi connectivity index (χ0n) is 10.9. The van der Waals surface area contributed by atoms with E-state index in [1.54, 1.807) is 0 Å². The zero-order chi connectivity index (χ0) is 12.5. The number of benzene rings is 1. The molecule has 1 fully saturated rings. The quantitative estimate of drug-likeness (QED) is 0.814. The molecule has 0 aliphatic carbocycles. The average molecular weight is 283 g/mol. The largest absolute Gasteiger partial charge is 0.465 e. The van der Waals surface area contributed by atoms with Crippen molar-refractivity contribution in [2.75, 3.05) is 18.5 Å². The van der Waals surface area contributed by atoms with Gasteiger partial charge in [0.25, 0.3) is 0 Å². The van der Waals surface area contributed by atoms with Crippen molar-refractivity contribution in [3.8, 4) is 0 Å². The molecule has 3 atom stereocenters. The van der Waals surface area contributed by atoms with Crippen LogP contribution in [0.2, 0.25) is 0 Å². The fourth-order valence-corrected chi connectivity index (χ4v) is 3.06. The Bertz CT molecular complexity index is 467. The maximum Gasteiger partial charge on any atom is 0.325 e. The Morgan fingerprint density at radius 1 is 1.42 bits per heavy atom. The number of ether oxygens (including phenoxy) is 1. The Hall–Kier alpha value is -1.26. The van der Waals surface area contributed by atoms with Gasteiger partial charge in [-0.15, -0.1) is 12.4 Å². The summed E-state index contributed by atoms with van der Waals surface area (Å²) in [5, 5.41) is 6.74. The van der Waals surface area contributed by atoms with E-state index in [-0.39, 0.29) is 30.5 Å². The Kier molecular flexibility index (Phi) is 4.32. The van der Waals surface area contributed by atoms with E-state index in [9.17, 15) is 4.79 Å². The van der Waals surface area contributed by atoms with E-state index in [1.807, 2.05) is 13.0 Å². The molecule has 104 valence electrons. The lowest BCUT2D eigenvalue weighted by Gasteiger charge is -2.33. The molecule has 2 aliphatic rings. The van der Waals surface area contributed by atoms with Crippen molar-refractivity contribution in [2.45, 2.75) is 31.3 Å². The Morgan fingerprint density at radius 3 is 3.00 bits per heavy atom. The van der Waals surface area contributed by atoms with E-state index in [2.05, 4.69) is 28.8 Å². The van der Waals surface area contributed by atoms with Crippen LogP contribution in [0.1, 0.15) is 24.8 Å². The van der Waals surface area contributed by atoms with Crippen LogP contribution in [0.4, 0.5) is 5.69 Å². The first kappa shape index (κ1) is 14.2. The molecule has 0 bridgehead atoms. The van der Waals surface area contributed by atoms with Gasteiger partial charge in [0.15, 0.2) is 0 Å². The molecule has 2 heterocycles. The third-order valence-electron chi connectivity index (χ3n) is 3.84. The zero-order valence-corrected chi connectivity index (χ0v) is 11.7. The minimum Gasteiger partial charge on any atom is -0.465 e. The van der Waals surface area contributed by atoms with E-state index >= 15 is 0 Å². The van der Waals surface area contributed by atoms with Crippen molar-refractivity contribution >= 4 is 24.1 Å². The molecule has 2 N–H and O–H groups in total. The summed E-state index contributed by atoms with van der Waals surface area (Å²) in [6.07, 6.45) is 1.06. The fraction of sp³-hybridized carbons (Fsp3) is 0.500. The van der Waals surface area contributed by atoms with Gasteiger partial charge in [-0.2, -0.15) is 0 Å². The van der Waals surface area contributed by atoms with Gasteiger partial charge in [-0.25, -0.2) is 0 Å². The van der Waals surface area contributed by atoms with Gasteiger partial charge in [0.05, 0.1) is 12.6 Å². The number of rotatable bonds is 2. The summed E-state index contributed by atoms with van der Waals surface area (Å²) in [5.74, 6) is 0.268. The van der Waals surface area contributed by atoms with Crippen molar-refractivity contribution in [1.29, 1.82) is 0 Å². The monoisotopic (exact) mass is 282 g/mol. The van der Waals surface area contributed by atoms with Gasteiger partial charge in [0.1, 0.15) is 6.04 Å². The molecule has 1 aromatic rings. The molecule has 1 aromatic carbocycles. The van der Waals surface area contributed by atoms with Crippen LogP contribution in [0.5, 0.6) is 0 Å². The molecule has 0 spiro atoms. The minimum absolute atomic E-state index is 0. The van der Waals surface area contributed by atoms with E-state index in [4.69, 9.17) is 4.74 Å². The van der Waals surface area contributed by atoms with Gasteiger partial charge in [-0.3, -0.25) is 4.79 Å². The SMILES string of the molecule is CCOC(=O)C1NCCC2c3ccccc3NC12.Cl. The lowest BCUT2D eigenvalue weighted by Crippen LogP contribution is -2.55. The summed E-state index contributed by atoms with van der Waals surface area (Å²) in [5.41, 5.74) is 2.49. The first-order chi connectivity index (χ1) is 8.81. The van der Waals surface area contributed by atoms with Gasteiger partial charge in [-0.05, 0) is 31.5 Å². The summed E-state index contributed by atoms with van der Waals surface area (Å²) in [4.78, 5) is 12.0. The molecule has 1 saturated heterocycles. The Labute approximate surface area is 119 Å². The molecular formula is C14H19ClN2O2. The summed E-state index contributed by atoms with van der Waals surface area (Å²) in [7, 11) is 0. The van der Waals surface area contributed by atoms with Crippen molar-refractivity contribution in [2.24, 2.45) is 0 Å². The van der Waals surface area contributed by atoms with Crippen LogP contribution in [0, 0.1) is 0 Å². The molecule has 2 aliphatic heterocycles. The summed E-state index contributed by atoms with van der Waals surface area (Å²) in [6.45, 7) is 3.14. The van der Waals surface area contributed by atoms with Crippen LogP contribution < -0.4 is 10.6 Å². The Morgan fingerprint density at radius 2 is 2.21 bits per heavy atom. The van der Waals surface area contributed by atoms with E-state index < -0.39 is 0 Å². The third kappa shape index (κ3) is 2.42. The highest BCUT2D eigenvalue weighted by Crippen LogP contribution is 2.40. The predicted molar refractivity (Wildman–Crippen MR) is 76.9 cm³/mol. The number of para-hydroxylation sites is 1. The van der Waals surface area contributed by atoms with Crippen LogP contribution in [0.3, 0.4) is 0 Å². The van der Waals surface area contributed by atoms with Crippen molar-refractivity contribution < 1.29 is 9.53 Å². The molecule has 0 saturated carbocycles. The summed E-state index contributed by atoms with van der Waals surface area (Å²) < 4.78 is 5.15. The second-order valence-electron chi connectivity index (χ2n) is 4.84. The minimum atomic E-state index is -0.240. The normalized spacial score (nSPS) is 27.5. The second kappa shape index (κ2) is 5.80. The summed E-state index contributed by atoms with van der Waals surface area (Å²) in [6, 6.07) is 8.20. The molecular weight excluding hydrogens is 264 g/mol. The lowest BCUT2D eigenvalue weighted by molar-refractivity contribution is -0.146. The number of carbonyl (C=O) groups excluding carboxylic acids is 1. The first-order valence-electron chi connectivity index (χ1n) is 6.56. The predicted octanol–water partition coefficient (Wildman–Crippen LogP) is 1.91. The highest BCUT2D eigenvalue weighted by molar-refractivity contribution is 5.85. The van der Waals surface area contributed by atoms with Crippen LogP contribution in [-0.4, -0.2) is 31.2 Å². The van der Waals surface area contributed by atoms with Crippen molar-refractivity contribution in [3.05, 3.63) is 29.8 Å². The molecule has 4 nitrogen and oxygen atoms in total. The van der Waals surface area contributed by atoms with Crippen molar-refractivity contribution in [3.63, 3.8) is 0 Å². The second-order valence-corrected chi connectivity index (χ2v) is 4.84. The smallest absolute Gasteiger partial charge is 0.325 e. The number of halogens is 1. The molecule has 0 aromatic heterocycles. The molecule has 0 radical (unpaired) electrons. The highest BCUT2D eigenvalue weighted by atomic mass is 35.5. The molecule has 5 heteroatoms. The molecule has 3 rings (SSSR count). The topological polar surface area (TPSA) is 50.4 Å². The first-order valence-corrected chi connectivity index (χ1v) is 6.56. The van der Waals surface area contributed by atoms with Crippen LogP contribution >= 0.6 is 12.4 Å². The maximum atomic E-state index is 12.0. The number of anilines is 1. The third-order valence-corrected chi connectivity index (χ3v) is 3.84. The number of carbonyl (C=O) groups is 1. The number of nitrogens with one attached hydrogen (secondary N) is 2. The lowest BCUT2D eigenvalue weighted by atomic mass is 9.85. The van der Waals surface area contributed by atoms with Crippen LogP contribution in [0.15, 0.2) is 24.3 Å². The number of piperidine rings is 1. The maximum absolute atomic E-state index is 12.0. The average Bonchev–Trinajstić information content (AvgIpc) is 2.77. The number of hydrogen-bond donors (Lipinski definition) is 2. The van der Waals surface area contributed by atoms with Crippen LogP contribution in [-0.2, 0) is 9.53 Å². The van der Waals surface area contributed by atoms with Crippen molar-refractivity contribution in [1.82, 2.24) is 5.32 Å². The van der Waals surface area contributed by atoms with Crippen LogP contribution in [0.25, 0.3) is 0 Å². The van der Waals surface area contributed by atoms with Gasteiger partial charge >= 0.3 is 5.97 Å². The van der Waals surface area contributed by atoms with E-state index in [0.717, 1.165) is 18.7 Å². The number of hydrogen-bond acceptors (Lipinski definition) is 4. The summed E-state index contributed by atoms with van der Waals surface area (Å²) >= 11 is 0. The fourth-order valence-electron chi connectivity index (χ4n) is 3.06. The van der Waals surface area contributed by atoms with Gasteiger partial charge in [0.2, 0.25) is 0 Å². The van der Waals surface area contributed by atoms with E-state index in [0.29, 0.717) is 12.5 Å². The van der Waals surface area contributed by atoms with Gasteiger partial charge < -0.3 is 15.4 Å². The number of fused-ring (bicyclic) bond motifs is 3. The highest BCUT2D eigenvalue weighted by Gasteiger charge is 2.43. The standard InChI is InChI=1S/C14H18N2O2.ClH/c1-2-18-14(17)13-12-10(7-8-15-13)9-5-3-4-6-11(9)16-12;/h3-6,10,12-13,15-16H,2,7-8H2,1H3;1H. The van der Waals surface area contributed by atoms with Gasteiger partial charge in [0, 0.05) is 11.6 Å². The number of esters is 1. The van der Waals surface area contributed by atoms with E-state index in [1.165, 1.54) is 5.56 Å². The Balaban J connectivity index is 0.00000133. The molecule has 19 heavy (non-hydrogen) atoms. The molecule has 3 unspecified atom stereocenters. The molecule has 0 amide bonds. The van der Waals surface area contributed by atoms with Gasteiger partial charge in [-0.1, -0.05) is 18.2 Å².